The summed E-state index contributed by atoms with van der Waals surface area (Å²) in [7, 11) is 2.24. The highest BCUT2D eigenvalue weighted by Crippen LogP contribution is 2.34. The largest absolute Gasteiger partial charge is 0.384 e. The van der Waals surface area contributed by atoms with Crippen molar-refractivity contribution < 1.29 is 0 Å². The quantitative estimate of drug-likeness (QED) is 0.652. The maximum Gasteiger partial charge on any atom is 0.126 e. The van der Waals surface area contributed by atoms with Crippen molar-refractivity contribution in [3.8, 4) is 0 Å². The van der Waals surface area contributed by atoms with Crippen LogP contribution in [0, 0.1) is 11.3 Å². The predicted octanol–water partition coefficient (Wildman–Crippen LogP) is 2.54. The van der Waals surface area contributed by atoms with Gasteiger partial charge in [0.25, 0.3) is 0 Å². The number of likely N-dealkylation sites (tertiary alicyclic amines) is 1. The Morgan fingerprint density at radius 2 is 2.14 bits per heavy atom. The molecule has 2 heterocycles. The van der Waals surface area contributed by atoms with Crippen LogP contribution in [0.1, 0.15) is 24.8 Å². The zero-order chi connectivity index (χ0) is 15.0. The van der Waals surface area contributed by atoms with Gasteiger partial charge in [0.05, 0.1) is 10.6 Å². The Balaban J connectivity index is 1.86. The molecule has 0 amide bonds. The van der Waals surface area contributed by atoms with Gasteiger partial charge < -0.3 is 15.5 Å². The van der Waals surface area contributed by atoms with Crippen molar-refractivity contribution in [1.82, 2.24) is 4.90 Å². The van der Waals surface area contributed by atoms with Gasteiger partial charge in [0.2, 0.25) is 0 Å². The molecule has 4 nitrogen and oxygen atoms in total. The number of amidine groups is 1. The number of nitrogens with zero attached hydrogens (tertiary/aromatic N) is 2. The maximum absolute atomic E-state index is 7.81. The molecule has 2 aliphatic rings. The third kappa shape index (κ3) is 2.74. The number of hydrogen-bond acceptors (Lipinski definition) is 3. The van der Waals surface area contributed by atoms with Crippen LogP contribution in [-0.2, 0) is 0 Å². The normalized spacial score (nSPS) is 26.5. The molecule has 0 saturated carbocycles. The molecule has 0 spiro atoms. The number of piperidine rings is 2. The van der Waals surface area contributed by atoms with Crippen molar-refractivity contribution in [1.29, 1.82) is 5.41 Å². The van der Waals surface area contributed by atoms with Gasteiger partial charge in [-0.1, -0.05) is 17.7 Å². The molecular weight excluding hydrogens is 284 g/mol. The van der Waals surface area contributed by atoms with Crippen molar-refractivity contribution in [2.24, 2.45) is 11.7 Å². The second-order valence-corrected chi connectivity index (χ2v) is 6.64. The van der Waals surface area contributed by atoms with Crippen LogP contribution in [0.3, 0.4) is 0 Å². The summed E-state index contributed by atoms with van der Waals surface area (Å²) in [6, 6.07) is 6.50. The molecule has 3 rings (SSSR count). The number of anilines is 1. The lowest BCUT2D eigenvalue weighted by Gasteiger charge is -2.47. The fourth-order valence-electron chi connectivity index (χ4n) is 3.91. The van der Waals surface area contributed by atoms with Crippen LogP contribution in [0.4, 0.5) is 5.69 Å². The molecule has 114 valence electrons. The summed E-state index contributed by atoms with van der Waals surface area (Å²) in [5.74, 6) is 0.759. The molecule has 3 N–H and O–H groups in total. The maximum atomic E-state index is 7.81. The van der Waals surface area contributed by atoms with Crippen LogP contribution in [-0.4, -0.2) is 43.5 Å². The lowest BCUT2D eigenvalue weighted by Crippen LogP contribution is -2.53. The van der Waals surface area contributed by atoms with E-state index in [2.05, 4.69) is 16.8 Å². The summed E-state index contributed by atoms with van der Waals surface area (Å²) >= 11 is 6.25. The molecule has 1 aromatic carbocycles. The lowest BCUT2D eigenvalue weighted by molar-refractivity contribution is 0.102. The average Bonchev–Trinajstić information content (AvgIpc) is 2.46. The van der Waals surface area contributed by atoms with Gasteiger partial charge in [-0.05, 0) is 50.9 Å². The van der Waals surface area contributed by atoms with E-state index in [0.29, 0.717) is 22.5 Å². The first kappa shape index (κ1) is 14.7. The number of rotatable bonds is 2. The number of nitrogen functional groups attached to an aromatic ring is 1. The minimum absolute atomic E-state index is 0.0542. The molecule has 1 aromatic rings. The SMILES string of the molecule is CN1CCCC2CN(c3cccc(Cl)c3C(=N)N)CCC21. The van der Waals surface area contributed by atoms with Gasteiger partial charge in [-0.2, -0.15) is 0 Å². The van der Waals surface area contributed by atoms with E-state index in [1.807, 2.05) is 18.2 Å². The Labute approximate surface area is 131 Å². The Kier molecular flexibility index (Phi) is 4.09. The van der Waals surface area contributed by atoms with Crippen LogP contribution < -0.4 is 10.6 Å². The first-order chi connectivity index (χ1) is 10.1. The highest BCUT2D eigenvalue weighted by atomic mass is 35.5. The van der Waals surface area contributed by atoms with E-state index in [1.165, 1.54) is 25.8 Å². The molecular formula is C16H23ClN4. The Hall–Kier alpha value is -1.26. The van der Waals surface area contributed by atoms with E-state index < -0.39 is 0 Å². The summed E-state index contributed by atoms with van der Waals surface area (Å²) in [6.07, 6.45) is 3.74. The molecule has 0 aromatic heterocycles. The average molecular weight is 307 g/mol. The molecule has 2 fully saturated rings. The zero-order valence-corrected chi connectivity index (χ0v) is 13.2. The molecule has 5 heteroatoms. The standard InChI is InChI=1S/C16H23ClN4/c1-20-8-3-4-11-10-21(9-7-13(11)20)14-6-2-5-12(17)15(14)16(18)19/h2,5-6,11,13H,3-4,7-10H2,1H3,(H3,18,19). The minimum Gasteiger partial charge on any atom is -0.384 e. The summed E-state index contributed by atoms with van der Waals surface area (Å²) in [5, 5.41) is 8.38. The van der Waals surface area contributed by atoms with Crippen LogP contribution in [0.15, 0.2) is 18.2 Å². The van der Waals surface area contributed by atoms with Crippen molar-refractivity contribution in [3.63, 3.8) is 0 Å². The van der Waals surface area contributed by atoms with Gasteiger partial charge in [-0.15, -0.1) is 0 Å². The van der Waals surface area contributed by atoms with E-state index in [9.17, 15) is 0 Å². The number of nitrogens with one attached hydrogen (secondary N) is 1. The van der Waals surface area contributed by atoms with Gasteiger partial charge in [-0.25, -0.2) is 0 Å². The fraction of sp³-hybridized carbons (Fsp3) is 0.562. The van der Waals surface area contributed by atoms with Gasteiger partial charge in [-0.3, -0.25) is 5.41 Å². The van der Waals surface area contributed by atoms with E-state index in [0.717, 1.165) is 18.8 Å². The van der Waals surface area contributed by atoms with Crippen LogP contribution in [0.25, 0.3) is 0 Å². The Bertz CT molecular complexity index is 545. The van der Waals surface area contributed by atoms with Gasteiger partial charge in [0.15, 0.2) is 0 Å². The number of nitrogens with two attached hydrogens (primary N) is 1. The second kappa shape index (κ2) is 5.85. The van der Waals surface area contributed by atoms with Crippen molar-refractivity contribution in [3.05, 3.63) is 28.8 Å². The summed E-state index contributed by atoms with van der Waals surface area (Å²) in [5.41, 5.74) is 7.44. The third-order valence-electron chi connectivity index (χ3n) is 4.95. The number of hydrogen-bond donors (Lipinski definition) is 2. The Morgan fingerprint density at radius 3 is 2.90 bits per heavy atom. The van der Waals surface area contributed by atoms with Crippen molar-refractivity contribution in [2.75, 3.05) is 31.6 Å². The first-order valence-corrected chi connectivity index (χ1v) is 8.04. The summed E-state index contributed by atoms with van der Waals surface area (Å²) in [4.78, 5) is 4.87. The first-order valence-electron chi connectivity index (χ1n) is 7.66. The summed E-state index contributed by atoms with van der Waals surface area (Å²) < 4.78 is 0. The predicted molar refractivity (Wildman–Crippen MR) is 88.4 cm³/mol. The molecule has 2 aliphatic heterocycles. The van der Waals surface area contributed by atoms with Crippen LogP contribution in [0.2, 0.25) is 5.02 Å². The second-order valence-electron chi connectivity index (χ2n) is 6.23. The molecule has 0 aliphatic carbocycles. The highest BCUT2D eigenvalue weighted by Gasteiger charge is 2.35. The fourth-order valence-corrected chi connectivity index (χ4v) is 4.19. The number of halogens is 1. The molecule has 2 atom stereocenters. The Morgan fingerprint density at radius 1 is 1.33 bits per heavy atom. The lowest BCUT2D eigenvalue weighted by atomic mass is 9.84. The van der Waals surface area contributed by atoms with Crippen molar-refractivity contribution in [2.45, 2.75) is 25.3 Å². The van der Waals surface area contributed by atoms with Gasteiger partial charge in [0.1, 0.15) is 5.84 Å². The number of fused-ring (bicyclic) bond motifs is 1. The third-order valence-corrected chi connectivity index (χ3v) is 5.26. The van der Waals surface area contributed by atoms with E-state index in [-0.39, 0.29) is 5.84 Å². The van der Waals surface area contributed by atoms with Gasteiger partial charge >= 0.3 is 0 Å². The molecule has 21 heavy (non-hydrogen) atoms. The van der Waals surface area contributed by atoms with E-state index >= 15 is 0 Å². The van der Waals surface area contributed by atoms with E-state index in [1.54, 1.807) is 0 Å². The minimum atomic E-state index is 0.0542. The van der Waals surface area contributed by atoms with E-state index in [4.69, 9.17) is 22.7 Å². The summed E-state index contributed by atoms with van der Waals surface area (Å²) in [6.45, 7) is 3.26. The van der Waals surface area contributed by atoms with Crippen LogP contribution in [0.5, 0.6) is 0 Å². The zero-order valence-electron chi connectivity index (χ0n) is 12.5. The topological polar surface area (TPSA) is 56.4 Å². The van der Waals surface area contributed by atoms with Crippen LogP contribution >= 0.6 is 11.6 Å². The molecule has 0 bridgehead atoms. The number of benzene rings is 1. The molecule has 0 radical (unpaired) electrons. The smallest absolute Gasteiger partial charge is 0.126 e. The highest BCUT2D eigenvalue weighted by molar-refractivity contribution is 6.34. The molecule has 2 unspecified atom stereocenters. The molecule has 2 saturated heterocycles. The van der Waals surface area contributed by atoms with Crippen molar-refractivity contribution >= 4 is 23.1 Å². The monoisotopic (exact) mass is 306 g/mol. The van der Waals surface area contributed by atoms with Gasteiger partial charge in [0, 0.05) is 24.8 Å².